The van der Waals surface area contributed by atoms with Gasteiger partial charge in [0.2, 0.25) is 10.0 Å². The van der Waals surface area contributed by atoms with Gasteiger partial charge in [-0.2, -0.15) is 0 Å². The van der Waals surface area contributed by atoms with Crippen LogP contribution in [0.4, 0.5) is 4.39 Å². The van der Waals surface area contributed by atoms with E-state index in [1.165, 1.54) is 14.0 Å². The molecule has 0 aromatic heterocycles. The van der Waals surface area contributed by atoms with E-state index in [0.29, 0.717) is 6.42 Å². The van der Waals surface area contributed by atoms with Crippen molar-refractivity contribution in [2.75, 3.05) is 13.7 Å². The van der Waals surface area contributed by atoms with Crippen molar-refractivity contribution in [3.8, 4) is 0 Å². The Morgan fingerprint density at radius 3 is 2.57 bits per heavy atom. The topological polar surface area (TPSA) is 98.5 Å². The number of nitrogens with two attached hydrogens (primary N) is 1. The van der Waals surface area contributed by atoms with Crippen molar-refractivity contribution >= 4 is 15.9 Å². The highest BCUT2D eigenvalue weighted by molar-refractivity contribution is 7.89. The number of hydrogen-bond donors (Lipinski definition) is 2. The highest BCUT2D eigenvalue weighted by atomic mass is 32.2. The Hall–Kier alpha value is -1.51. The maximum Gasteiger partial charge on any atom is 0.254 e. The summed E-state index contributed by atoms with van der Waals surface area (Å²) in [6.07, 6.45) is 0.592. The van der Waals surface area contributed by atoms with Crippen molar-refractivity contribution in [3.05, 3.63) is 29.1 Å². The van der Waals surface area contributed by atoms with Gasteiger partial charge in [-0.05, 0) is 31.0 Å². The van der Waals surface area contributed by atoms with Gasteiger partial charge in [0.05, 0.1) is 23.1 Å². The Morgan fingerprint density at radius 1 is 1.48 bits per heavy atom. The SMILES string of the molecule is CCC(COC)NC(=O)c1cc(S(N)(=O)=O)c(C)cc1F. The molecule has 0 saturated heterocycles. The van der Waals surface area contributed by atoms with Gasteiger partial charge in [0.1, 0.15) is 5.82 Å². The summed E-state index contributed by atoms with van der Waals surface area (Å²) in [6.45, 7) is 3.52. The molecule has 8 heteroatoms. The minimum atomic E-state index is -4.02. The second-order valence-electron chi connectivity index (χ2n) is 4.68. The van der Waals surface area contributed by atoms with Crippen molar-refractivity contribution in [2.45, 2.75) is 31.2 Å². The first-order valence-corrected chi connectivity index (χ1v) is 7.88. The van der Waals surface area contributed by atoms with Gasteiger partial charge in [-0.15, -0.1) is 0 Å². The van der Waals surface area contributed by atoms with Gasteiger partial charge in [0.15, 0.2) is 0 Å². The molecule has 118 valence electrons. The lowest BCUT2D eigenvalue weighted by Gasteiger charge is -2.16. The lowest BCUT2D eigenvalue weighted by molar-refractivity contribution is 0.0890. The molecular weight excluding hydrogens is 299 g/mol. The standard InChI is InChI=1S/C13H19FN2O4S/c1-4-9(7-20-3)16-13(17)10-6-12(21(15,18)19)8(2)5-11(10)14/h5-6,9H,4,7H2,1-3H3,(H,16,17)(H2,15,18,19). The zero-order valence-electron chi connectivity index (χ0n) is 12.1. The maximum atomic E-state index is 13.9. The monoisotopic (exact) mass is 318 g/mol. The number of amides is 1. The molecule has 0 aliphatic rings. The van der Waals surface area contributed by atoms with Crippen LogP contribution in [0.1, 0.15) is 29.3 Å². The van der Waals surface area contributed by atoms with Crippen LogP contribution in [-0.4, -0.2) is 34.1 Å². The van der Waals surface area contributed by atoms with Crippen LogP contribution in [0.15, 0.2) is 17.0 Å². The molecule has 1 unspecified atom stereocenters. The van der Waals surface area contributed by atoms with Crippen molar-refractivity contribution in [1.29, 1.82) is 0 Å². The van der Waals surface area contributed by atoms with Gasteiger partial charge in [0, 0.05) is 7.11 Å². The van der Waals surface area contributed by atoms with Gasteiger partial charge in [-0.1, -0.05) is 6.92 Å². The third kappa shape index (κ3) is 4.48. The van der Waals surface area contributed by atoms with E-state index in [9.17, 15) is 17.6 Å². The minimum absolute atomic E-state index is 0.149. The third-order valence-corrected chi connectivity index (χ3v) is 4.06. The van der Waals surface area contributed by atoms with Crippen molar-refractivity contribution in [3.63, 3.8) is 0 Å². The summed E-state index contributed by atoms with van der Waals surface area (Å²) >= 11 is 0. The van der Waals surface area contributed by atoms with Gasteiger partial charge >= 0.3 is 0 Å². The summed E-state index contributed by atoms with van der Waals surface area (Å²) < 4.78 is 41.7. The van der Waals surface area contributed by atoms with Crippen LogP contribution in [-0.2, 0) is 14.8 Å². The van der Waals surface area contributed by atoms with Crippen LogP contribution in [0.5, 0.6) is 0 Å². The average molecular weight is 318 g/mol. The van der Waals surface area contributed by atoms with Gasteiger partial charge < -0.3 is 10.1 Å². The lowest BCUT2D eigenvalue weighted by atomic mass is 10.1. The molecule has 0 bridgehead atoms. The van der Waals surface area contributed by atoms with Crippen LogP contribution in [0, 0.1) is 12.7 Å². The van der Waals surface area contributed by atoms with E-state index < -0.39 is 21.7 Å². The summed E-state index contributed by atoms with van der Waals surface area (Å²) in [5.74, 6) is -1.51. The molecule has 1 aromatic rings. The molecule has 1 aromatic carbocycles. The van der Waals surface area contributed by atoms with Crippen LogP contribution in [0.3, 0.4) is 0 Å². The number of primary sulfonamides is 1. The fourth-order valence-corrected chi connectivity index (χ4v) is 2.65. The summed E-state index contributed by atoms with van der Waals surface area (Å²) in [5.41, 5.74) is -0.213. The highest BCUT2D eigenvalue weighted by Gasteiger charge is 2.21. The number of halogens is 1. The number of aryl methyl sites for hydroxylation is 1. The van der Waals surface area contributed by atoms with Crippen LogP contribution in [0.25, 0.3) is 0 Å². The molecule has 1 rings (SSSR count). The maximum absolute atomic E-state index is 13.9. The van der Waals surface area contributed by atoms with Gasteiger partial charge in [-0.25, -0.2) is 17.9 Å². The Morgan fingerprint density at radius 2 is 2.10 bits per heavy atom. The molecule has 1 amide bonds. The molecule has 0 fully saturated rings. The number of rotatable bonds is 6. The number of methoxy groups -OCH3 is 1. The summed E-state index contributed by atoms with van der Waals surface area (Å²) in [6, 6.07) is 1.64. The molecule has 0 saturated carbocycles. The predicted molar refractivity (Wildman–Crippen MR) is 75.9 cm³/mol. The quantitative estimate of drug-likeness (QED) is 0.815. The van der Waals surface area contributed by atoms with Crippen LogP contribution >= 0.6 is 0 Å². The molecule has 3 N–H and O–H groups in total. The molecule has 0 heterocycles. The third-order valence-electron chi connectivity index (χ3n) is 3.01. The van der Waals surface area contributed by atoms with Crippen molar-refractivity contribution < 1.29 is 22.3 Å². The number of nitrogens with one attached hydrogen (secondary N) is 1. The summed E-state index contributed by atoms with van der Waals surface area (Å²) in [5, 5.41) is 7.63. The number of hydrogen-bond acceptors (Lipinski definition) is 4. The molecule has 1 atom stereocenters. The first kappa shape index (κ1) is 17.5. The summed E-state index contributed by atoms with van der Waals surface area (Å²) in [4.78, 5) is 11.8. The second kappa shape index (κ2) is 6.97. The molecule has 21 heavy (non-hydrogen) atoms. The van der Waals surface area contributed by atoms with E-state index in [4.69, 9.17) is 9.88 Å². The minimum Gasteiger partial charge on any atom is -0.383 e. The van der Waals surface area contributed by atoms with E-state index >= 15 is 0 Å². The van der Waals surface area contributed by atoms with E-state index in [0.717, 1.165) is 12.1 Å². The van der Waals surface area contributed by atoms with E-state index in [2.05, 4.69) is 5.32 Å². The van der Waals surface area contributed by atoms with Crippen LogP contribution in [0.2, 0.25) is 0 Å². The van der Waals surface area contributed by atoms with Gasteiger partial charge in [-0.3, -0.25) is 4.79 Å². The second-order valence-corrected chi connectivity index (χ2v) is 6.21. The predicted octanol–water partition coefficient (Wildman–Crippen LogP) is 0.936. The summed E-state index contributed by atoms with van der Waals surface area (Å²) in [7, 11) is -2.54. The number of ether oxygens (including phenoxy) is 1. The first-order valence-electron chi connectivity index (χ1n) is 6.33. The lowest BCUT2D eigenvalue weighted by Crippen LogP contribution is -2.38. The number of benzene rings is 1. The molecule has 0 aliphatic carbocycles. The Bertz CT molecular complexity index is 631. The molecule has 0 aliphatic heterocycles. The number of carbonyl (C=O) groups is 1. The first-order chi connectivity index (χ1) is 9.70. The Kier molecular flexibility index (Phi) is 5.82. The van der Waals surface area contributed by atoms with Crippen LogP contribution < -0.4 is 10.5 Å². The molecule has 0 spiro atoms. The zero-order chi connectivity index (χ0) is 16.2. The smallest absolute Gasteiger partial charge is 0.254 e. The zero-order valence-corrected chi connectivity index (χ0v) is 13.0. The average Bonchev–Trinajstić information content (AvgIpc) is 2.36. The van der Waals surface area contributed by atoms with E-state index in [1.54, 1.807) is 0 Å². The Balaban J connectivity index is 3.15. The normalized spacial score (nSPS) is 13.0. The molecule has 0 radical (unpaired) electrons. The fourth-order valence-electron chi connectivity index (χ4n) is 1.86. The van der Waals surface area contributed by atoms with E-state index in [1.807, 2.05) is 6.92 Å². The van der Waals surface area contributed by atoms with Crippen molar-refractivity contribution in [1.82, 2.24) is 5.32 Å². The van der Waals surface area contributed by atoms with E-state index in [-0.39, 0.29) is 28.7 Å². The molecule has 6 nitrogen and oxygen atoms in total. The molecular formula is C13H19FN2O4S. The van der Waals surface area contributed by atoms with Gasteiger partial charge in [0.25, 0.3) is 5.91 Å². The number of carbonyl (C=O) groups excluding carboxylic acids is 1. The highest BCUT2D eigenvalue weighted by Crippen LogP contribution is 2.19. The fraction of sp³-hybridized carbons (Fsp3) is 0.462. The van der Waals surface area contributed by atoms with Crippen molar-refractivity contribution in [2.24, 2.45) is 5.14 Å². The number of sulfonamides is 1. The largest absolute Gasteiger partial charge is 0.383 e. The Labute approximate surface area is 123 Å².